The molecule has 2 aromatic heterocycles. The summed E-state index contributed by atoms with van der Waals surface area (Å²) < 4.78 is 46.1. The Morgan fingerprint density at radius 1 is 1.09 bits per heavy atom. The summed E-state index contributed by atoms with van der Waals surface area (Å²) in [5.74, 6) is -1.22. The molecule has 0 aliphatic heterocycles. The van der Waals surface area contributed by atoms with Gasteiger partial charge in [-0.3, -0.25) is 9.78 Å². The van der Waals surface area contributed by atoms with Crippen LogP contribution in [0, 0.1) is 5.92 Å². The summed E-state index contributed by atoms with van der Waals surface area (Å²) in [4.78, 5) is 20.2. The zero-order valence-electron chi connectivity index (χ0n) is 17.4. The molecule has 1 aliphatic carbocycles. The highest BCUT2D eigenvalue weighted by Gasteiger charge is 2.46. The summed E-state index contributed by atoms with van der Waals surface area (Å²) in [5.41, 5.74) is 3.44. The first-order valence-electron chi connectivity index (χ1n) is 10.0. The topological polar surface area (TPSA) is 81.5 Å². The fourth-order valence-corrected chi connectivity index (χ4v) is 3.49. The monoisotopic (exact) mass is 456 g/mol. The van der Waals surface area contributed by atoms with Gasteiger partial charge < -0.3 is 14.6 Å². The van der Waals surface area contributed by atoms with E-state index in [4.69, 9.17) is 4.74 Å². The molecule has 0 radical (unpaired) electrons. The van der Waals surface area contributed by atoms with Crippen molar-refractivity contribution in [1.82, 2.24) is 9.97 Å². The van der Waals surface area contributed by atoms with Crippen molar-refractivity contribution in [3.05, 3.63) is 71.7 Å². The highest BCUT2D eigenvalue weighted by atomic mass is 19.4. The third-order valence-corrected chi connectivity index (χ3v) is 5.20. The Bertz CT molecular complexity index is 1190. The van der Waals surface area contributed by atoms with E-state index in [0.29, 0.717) is 29.1 Å². The number of alkyl halides is 3. The summed E-state index contributed by atoms with van der Waals surface area (Å²) in [6.07, 6.45) is 2.62. The average Bonchev–Trinajstić information content (AvgIpc) is 3.59. The van der Waals surface area contributed by atoms with Gasteiger partial charge >= 0.3 is 12.3 Å². The quantitative estimate of drug-likeness (QED) is 0.512. The van der Waals surface area contributed by atoms with Crippen molar-refractivity contribution in [3.63, 3.8) is 0 Å². The average molecular weight is 456 g/mol. The molecule has 0 unspecified atom stereocenters. The van der Waals surface area contributed by atoms with Gasteiger partial charge in [-0.05, 0) is 47.9 Å². The smallest absolute Gasteiger partial charge is 0.495 e. The molecule has 0 amide bonds. The minimum Gasteiger partial charge on any atom is -0.495 e. The number of methoxy groups -OCH3 is 1. The van der Waals surface area contributed by atoms with E-state index < -0.39 is 18.2 Å². The molecule has 170 valence electrons. The van der Waals surface area contributed by atoms with Crippen LogP contribution in [0.15, 0.2) is 54.9 Å². The van der Waals surface area contributed by atoms with E-state index >= 15 is 0 Å². The minimum absolute atomic E-state index is 0.183. The number of hydrogen-bond acceptors (Lipinski definition) is 5. The number of aromatic nitrogens is 2. The number of benzene rings is 1. The second-order valence-corrected chi connectivity index (χ2v) is 7.53. The van der Waals surface area contributed by atoms with E-state index in [-0.39, 0.29) is 11.7 Å². The van der Waals surface area contributed by atoms with Crippen LogP contribution in [0.4, 0.5) is 13.2 Å². The molecule has 1 aliphatic rings. The van der Waals surface area contributed by atoms with Gasteiger partial charge in [0, 0.05) is 23.9 Å². The first-order valence-corrected chi connectivity index (χ1v) is 10.0. The molecule has 0 bridgehead atoms. The predicted octanol–water partition coefficient (Wildman–Crippen LogP) is 5.41. The van der Waals surface area contributed by atoms with Crippen LogP contribution in [0.3, 0.4) is 0 Å². The maximum atomic E-state index is 12.3. The molecule has 33 heavy (non-hydrogen) atoms. The molecular weight excluding hydrogens is 437 g/mol. The maximum absolute atomic E-state index is 12.3. The second-order valence-electron chi connectivity index (χ2n) is 7.53. The Kier molecular flexibility index (Phi) is 6.04. The molecule has 2 atom stereocenters. The van der Waals surface area contributed by atoms with Gasteiger partial charge in [0.2, 0.25) is 0 Å². The van der Waals surface area contributed by atoms with Gasteiger partial charge in [-0.1, -0.05) is 24.3 Å². The number of pyridine rings is 2. The van der Waals surface area contributed by atoms with Gasteiger partial charge in [0.1, 0.15) is 11.5 Å². The van der Waals surface area contributed by atoms with Crippen molar-refractivity contribution in [2.24, 2.45) is 5.92 Å². The van der Waals surface area contributed by atoms with Crippen molar-refractivity contribution in [2.75, 3.05) is 7.11 Å². The largest absolute Gasteiger partial charge is 0.573 e. The Morgan fingerprint density at radius 2 is 1.82 bits per heavy atom. The summed E-state index contributed by atoms with van der Waals surface area (Å²) in [6, 6.07) is 10.9. The molecule has 1 fully saturated rings. The number of halogens is 3. The number of nitrogens with zero attached hydrogens (tertiary/aromatic N) is 2. The van der Waals surface area contributed by atoms with Crippen LogP contribution in [0.2, 0.25) is 0 Å². The number of carboxylic acids is 1. The molecule has 0 saturated heterocycles. The number of carbonyl (C=O) groups is 1. The number of hydrogen-bond donors (Lipinski definition) is 1. The molecule has 2 heterocycles. The molecule has 1 aromatic carbocycles. The second kappa shape index (κ2) is 8.93. The normalized spacial score (nSPS) is 17.7. The van der Waals surface area contributed by atoms with Crippen molar-refractivity contribution < 1.29 is 32.5 Å². The summed E-state index contributed by atoms with van der Waals surface area (Å²) in [6.45, 7) is 0. The van der Waals surface area contributed by atoms with Crippen molar-refractivity contribution >= 4 is 18.1 Å². The Labute approximate surface area is 187 Å². The lowest BCUT2D eigenvalue weighted by molar-refractivity contribution is -0.274. The molecular formula is C24H19F3N2O4. The molecule has 4 rings (SSSR count). The van der Waals surface area contributed by atoms with Crippen molar-refractivity contribution in [2.45, 2.75) is 18.7 Å². The fourth-order valence-electron chi connectivity index (χ4n) is 3.49. The maximum Gasteiger partial charge on any atom is 0.573 e. The van der Waals surface area contributed by atoms with E-state index in [1.807, 2.05) is 6.07 Å². The fraction of sp³-hybridized carbons (Fsp3) is 0.208. The molecule has 1 N–H and O–H groups in total. The highest BCUT2D eigenvalue weighted by Crippen LogP contribution is 2.50. The van der Waals surface area contributed by atoms with E-state index in [1.165, 1.54) is 31.4 Å². The molecule has 9 heteroatoms. The van der Waals surface area contributed by atoms with Crippen LogP contribution >= 0.6 is 0 Å². The summed E-state index contributed by atoms with van der Waals surface area (Å²) >= 11 is 0. The van der Waals surface area contributed by atoms with Crippen LogP contribution in [0.5, 0.6) is 11.5 Å². The molecule has 3 aromatic rings. The van der Waals surface area contributed by atoms with Crippen LogP contribution in [0.1, 0.15) is 29.2 Å². The molecule has 1 saturated carbocycles. The minimum atomic E-state index is -4.73. The first-order chi connectivity index (χ1) is 15.7. The number of carboxylic acid groups (broad SMARTS) is 1. The van der Waals surface area contributed by atoms with E-state index in [0.717, 1.165) is 11.1 Å². The van der Waals surface area contributed by atoms with Gasteiger partial charge in [0.25, 0.3) is 0 Å². The van der Waals surface area contributed by atoms with Crippen LogP contribution in [-0.4, -0.2) is 34.5 Å². The molecule has 0 spiro atoms. The third kappa shape index (κ3) is 5.49. The summed E-state index contributed by atoms with van der Waals surface area (Å²) in [5, 5.41) is 9.25. The predicted molar refractivity (Wildman–Crippen MR) is 115 cm³/mol. The number of ether oxygens (including phenoxy) is 2. The number of rotatable bonds is 7. The lowest BCUT2D eigenvalue weighted by Crippen LogP contribution is -2.16. The van der Waals surface area contributed by atoms with Gasteiger partial charge in [0.15, 0.2) is 0 Å². The lowest BCUT2D eigenvalue weighted by Gasteiger charge is -2.10. The van der Waals surface area contributed by atoms with Gasteiger partial charge in [-0.25, -0.2) is 4.98 Å². The Morgan fingerprint density at radius 3 is 2.45 bits per heavy atom. The zero-order chi connectivity index (χ0) is 23.6. The third-order valence-electron chi connectivity index (χ3n) is 5.20. The van der Waals surface area contributed by atoms with E-state index in [9.17, 15) is 23.1 Å². The van der Waals surface area contributed by atoms with Crippen molar-refractivity contribution in [1.29, 1.82) is 0 Å². The van der Waals surface area contributed by atoms with Gasteiger partial charge in [-0.15, -0.1) is 13.2 Å². The van der Waals surface area contributed by atoms with Crippen LogP contribution in [-0.2, 0) is 4.79 Å². The number of aliphatic carboxylic acids is 1. The van der Waals surface area contributed by atoms with Crippen LogP contribution in [0.25, 0.3) is 23.4 Å². The first kappa shape index (κ1) is 22.3. The highest BCUT2D eigenvalue weighted by molar-refractivity contribution is 5.76. The van der Waals surface area contributed by atoms with Crippen molar-refractivity contribution in [3.8, 4) is 22.8 Å². The standard InChI is InChI=1S/C24H19F3N2O4/c1-32-21-9-8-20(29-22(21)18-11-19(18)23(30)31)16-10-15(12-28-13-16)3-2-14-4-6-17(7-5-14)33-24(25,26)27/h2-10,12-13,18-19H,11H2,1H3,(H,30,31)/b3-2-/t18-,19-/m0/s1. The SMILES string of the molecule is COc1ccc(-c2cncc(/C=C\c3ccc(OC(F)(F)F)cc3)c2)nc1[C@H]1C[C@@H]1C(=O)O. The van der Waals surface area contributed by atoms with Gasteiger partial charge in [0.05, 0.1) is 24.4 Å². The van der Waals surface area contributed by atoms with E-state index in [2.05, 4.69) is 14.7 Å². The van der Waals surface area contributed by atoms with Gasteiger partial charge in [-0.2, -0.15) is 0 Å². The molecule has 6 nitrogen and oxygen atoms in total. The van der Waals surface area contributed by atoms with E-state index in [1.54, 1.807) is 36.7 Å². The van der Waals surface area contributed by atoms with Crippen LogP contribution < -0.4 is 9.47 Å². The Balaban J connectivity index is 1.53. The lowest BCUT2D eigenvalue weighted by atomic mass is 10.1. The Hall–Kier alpha value is -3.88. The summed E-state index contributed by atoms with van der Waals surface area (Å²) in [7, 11) is 1.52. The zero-order valence-corrected chi connectivity index (χ0v) is 17.4.